The Morgan fingerprint density at radius 1 is 1.10 bits per heavy atom. The van der Waals surface area contributed by atoms with Gasteiger partial charge in [-0.25, -0.2) is 0 Å². The molecule has 1 rings (SSSR count). The topological polar surface area (TPSA) is 9.23 Å². The Morgan fingerprint density at radius 3 is 2.15 bits per heavy atom. The molecule has 1 atom stereocenters. The molecule has 0 heterocycles. The lowest BCUT2D eigenvalue weighted by atomic mass is 9.82. The third kappa shape index (κ3) is 4.80. The molecule has 0 aliphatic carbocycles. The molecule has 0 N–H and O–H groups in total. The highest BCUT2D eigenvalue weighted by molar-refractivity contribution is 9.09. The maximum absolute atomic E-state index is 6.19. The number of hydrogen-bond donors (Lipinski definition) is 0. The zero-order chi connectivity index (χ0) is 15.6. The molecule has 0 saturated carbocycles. The first-order valence-corrected chi connectivity index (χ1v) is 8.47. The number of alkyl halides is 1. The first-order chi connectivity index (χ1) is 9.05. The summed E-state index contributed by atoms with van der Waals surface area (Å²) in [6.07, 6.45) is 0. The summed E-state index contributed by atoms with van der Waals surface area (Å²) >= 11 is 3.62. The molecule has 0 aromatic heterocycles. The summed E-state index contributed by atoms with van der Waals surface area (Å²) in [4.78, 5) is 0. The second kappa shape index (κ2) is 6.51. The first kappa shape index (κ1) is 17.6. The van der Waals surface area contributed by atoms with Crippen molar-refractivity contribution in [2.75, 3.05) is 11.9 Å². The fourth-order valence-corrected chi connectivity index (χ4v) is 3.24. The number of benzene rings is 1. The molecule has 2 heteroatoms. The van der Waals surface area contributed by atoms with Crippen LogP contribution in [-0.2, 0) is 5.41 Å². The van der Waals surface area contributed by atoms with Gasteiger partial charge in [-0.2, -0.15) is 0 Å². The van der Waals surface area contributed by atoms with Gasteiger partial charge in [0.05, 0.1) is 6.61 Å². The van der Waals surface area contributed by atoms with E-state index in [0.29, 0.717) is 5.92 Å². The molecule has 20 heavy (non-hydrogen) atoms. The highest BCUT2D eigenvalue weighted by atomic mass is 79.9. The predicted molar refractivity (Wildman–Crippen MR) is 92.1 cm³/mol. The van der Waals surface area contributed by atoms with Crippen LogP contribution in [0.5, 0.6) is 5.75 Å². The Balaban J connectivity index is 2.95. The van der Waals surface area contributed by atoms with Gasteiger partial charge < -0.3 is 4.74 Å². The Morgan fingerprint density at radius 2 is 1.70 bits per heavy atom. The molecule has 0 fully saturated rings. The van der Waals surface area contributed by atoms with Crippen molar-refractivity contribution in [3.05, 3.63) is 29.3 Å². The summed E-state index contributed by atoms with van der Waals surface area (Å²) in [5.41, 5.74) is 2.88. The molecule has 0 spiro atoms. The quantitative estimate of drug-likeness (QED) is 0.636. The van der Waals surface area contributed by atoms with Gasteiger partial charge in [0.15, 0.2) is 0 Å². The van der Waals surface area contributed by atoms with Crippen LogP contribution in [0.2, 0.25) is 0 Å². The number of rotatable bonds is 4. The molecular formula is C18H29BrO. The molecule has 0 aliphatic heterocycles. The summed E-state index contributed by atoms with van der Waals surface area (Å²) in [6, 6.07) is 6.53. The maximum atomic E-state index is 6.19. The van der Waals surface area contributed by atoms with Gasteiger partial charge in [-0.1, -0.05) is 69.6 Å². The van der Waals surface area contributed by atoms with Crippen LogP contribution in [0.3, 0.4) is 0 Å². The smallest absolute Gasteiger partial charge is 0.123 e. The van der Waals surface area contributed by atoms with Crippen LogP contribution in [0.4, 0.5) is 0 Å². The van der Waals surface area contributed by atoms with E-state index < -0.39 is 0 Å². The number of ether oxygens (including phenoxy) is 1. The van der Waals surface area contributed by atoms with Crippen LogP contribution in [0.1, 0.15) is 52.7 Å². The van der Waals surface area contributed by atoms with Crippen LogP contribution in [0, 0.1) is 18.3 Å². The number of halogens is 1. The lowest BCUT2D eigenvalue weighted by Crippen LogP contribution is -2.28. The monoisotopic (exact) mass is 340 g/mol. The average molecular weight is 341 g/mol. The third-order valence-corrected chi connectivity index (χ3v) is 4.58. The molecule has 1 unspecified atom stereocenters. The Hall–Kier alpha value is -0.500. The molecule has 1 nitrogen and oxygen atoms in total. The van der Waals surface area contributed by atoms with Crippen LogP contribution in [0.15, 0.2) is 18.2 Å². The molecular weight excluding hydrogens is 312 g/mol. The second-order valence-corrected chi connectivity index (χ2v) is 8.43. The molecule has 0 radical (unpaired) electrons. The fourth-order valence-electron chi connectivity index (χ4n) is 2.08. The molecule has 0 bridgehead atoms. The van der Waals surface area contributed by atoms with Gasteiger partial charge in [0.1, 0.15) is 5.75 Å². The van der Waals surface area contributed by atoms with Gasteiger partial charge in [0.25, 0.3) is 0 Å². The first-order valence-electron chi connectivity index (χ1n) is 7.35. The van der Waals surface area contributed by atoms with Crippen molar-refractivity contribution in [2.24, 2.45) is 11.3 Å². The van der Waals surface area contributed by atoms with Crippen LogP contribution < -0.4 is 4.74 Å². The van der Waals surface area contributed by atoms with Crippen molar-refractivity contribution in [3.8, 4) is 5.75 Å². The normalized spacial score (nSPS) is 14.2. The van der Waals surface area contributed by atoms with E-state index in [1.165, 1.54) is 11.1 Å². The minimum absolute atomic E-state index is 0.106. The van der Waals surface area contributed by atoms with Crippen molar-refractivity contribution >= 4 is 15.9 Å². The van der Waals surface area contributed by atoms with E-state index in [1.54, 1.807) is 0 Å². The van der Waals surface area contributed by atoms with Gasteiger partial charge in [-0.05, 0) is 34.9 Å². The SMILES string of the molecule is Cc1ccc(C(C)(C)C)c(OCC(CBr)C(C)(C)C)c1. The van der Waals surface area contributed by atoms with E-state index in [-0.39, 0.29) is 10.8 Å². The molecule has 1 aromatic rings. The molecule has 114 valence electrons. The highest BCUT2D eigenvalue weighted by Gasteiger charge is 2.25. The van der Waals surface area contributed by atoms with Crippen molar-refractivity contribution in [1.82, 2.24) is 0 Å². The molecule has 0 saturated heterocycles. The summed E-state index contributed by atoms with van der Waals surface area (Å²) in [7, 11) is 0. The molecule has 0 amide bonds. The molecule has 0 aliphatic rings. The van der Waals surface area contributed by atoms with Crippen molar-refractivity contribution in [2.45, 2.75) is 53.9 Å². The zero-order valence-electron chi connectivity index (χ0n) is 14.0. The largest absolute Gasteiger partial charge is 0.493 e. The number of hydrogen-bond acceptors (Lipinski definition) is 1. The van der Waals surface area contributed by atoms with Crippen molar-refractivity contribution < 1.29 is 4.74 Å². The van der Waals surface area contributed by atoms with Gasteiger partial charge >= 0.3 is 0 Å². The molecule has 1 aromatic carbocycles. The van der Waals surface area contributed by atoms with Gasteiger partial charge in [0.2, 0.25) is 0 Å². The lowest BCUT2D eigenvalue weighted by Gasteiger charge is -2.30. The minimum atomic E-state index is 0.106. The summed E-state index contributed by atoms with van der Waals surface area (Å²) in [6.45, 7) is 16.4. The van der Waals surface area contributed by atoms with E-state index in [0.717, 1.165) is 17.7 Å². The maximum Gasteiger partial charge on any atom is 0.123 e. The van der Waals surface area contributed by atoms with Crippen molar-refractivity contribution in [1.29, 1.82) is 0 Å². The number of aryl methyl sites for hydroxylation is 1. The van der Waals surface area contributed by atoms with Crippen LogP contribution in [-0.4, -0.2) is 11.9 Å². The standard InChI is InChI=1S/C18H29BrO/c1-13-8-9-15(18(5,6)7)16(10-13)20-12-14(11-19)17(2,3)4/h8-10,14H,11-12H2,1-7H3. The van der Waals surface area contributed by atoms with E-state index in [9.17, 15) is 0 Å². The van der Waals surface area contributed by atoms with Gasteiger partial charge in [0, 0.05) is 11.2 Å². The van der Waals surface area contributed by atoms with Crippen molar-refractivity contribution in [3.63, 3.8) is 0 Å². The Bertz CT molecular complexity index is 438. The third-order valence-electron chi connectivity index (χ3n) is 3.80. The summed E-state index contributed by atoms with van der Waals surface area (Å²) in [5.74, 6) is 1.53. The lowest BCUT2D eigenvalue weighted by molar-refractivity contribution is 0.164. The summed E-state index contributed by atoms with van der Waals surface area (Å²) in [5, 5.41) is 0.965. The Labute approximate surface area is 133 Å². The Kier molecular flexibility index (Phi) is 5.71. The van der Waals surface area contributed by atoms with Gasteiger partial charge in [-0.3, -0.25) is 0 Å². The van der Waals surface area contributed by atoms with Gasteiger partial charge in [-0.15, -0.1) is 0 Å². The summed E-state index contributed by atoms with van der Waals surface area (Å²) < 4.78 is 6.19. The van der Waals surface area contributed by atoms with E-state index in [1.807, 2.05) is 0 Å². The predicted octanol–water partition coefficient (Wildman–Crippen LogP) is 5.73. The van der Waals surface area contributed by atoms with E-state index >= 15 is 0 Å². The highest BCUT2D eigenvalue weighted by Crippen LogP contribution is 2.34. The van der Waals surface area contributed by atoms with E-state index in [2.05, 4.69) is 82.6 Å². The van der Waals surface area contributed by atoms with E-state index in [4.69, 9.17) is 4.74 Å². The minimum Gasteiger partial charge on any atom is -0.493 e. The zero-order valence-corrected chi connectivity index (χ0v) is 15.6. The van der Waals surface area contributed by atoms with Crippen LogP contribution >= 0.6 is 15.9 Å². The average Bonchev–Trinajstić information content (AvgIpc) is 2.26. The van der Waals surface area contributed by atoms with Crippen LogP contribution in [0.25, 0.3) is 0 Å². The fraction of sp³-hybridized carbons (Fsp3) is 0.667. The second-order valence-electron chi connectivity index (χ2n) is 7.78.